The van der Waals surface area contributed by atoms with Crippen LogP contribution in [0, 0.1) is 23.3 Å². The fourth-order valence-corrected chi connectivity index (χ4v) is 1.51. The van der Waals surface area contributed by atoms with Crippen LogP contribution in [0.5, 0.6) is 0 Å². The molecule has 18 heavy (non-hydrogen) atoms. The Bertz CT molecular complexity index is 602. The average molecular weight is 254 g/mol. The molecule has 0 spiro atoms. The molecule has 92 valence electrons. The molecular weight excluding hydrogens is 248 g/mol. The predicted octanol–water partition coefficient (Wildman–Crippen LogP) is 3.47. The van der Waals surface area contributed by atoms with Gasteiger partial charge in [-0.25, -0.2) is 17.6 Å². The maximum absolute atomic E-state index is 13.3. The molecule has 0 amide bonds. The largest absolute Gasteiger partial charge is 0.288 e. The number of carbonyl (C=O) groups excluding carboxylic acids is 1. The first kappa shape index (κ1) is 12.3. The van der Waals surface area contributed by atoms with Gasteiger partial charge in [0.05, 0.1) is 5.56 Å². The normalized spacial score (nSPS) is 10.4. The van der Waals surface area contributed by atoms with Gasteiger partial charge in [-0.2, -0.15) is 0 Å². The van der Waals surface area contributed by atoms with Gasteiger partial charge in [0.15, 0.2) is 5.78 Å². The summed E-state index contributed by atoms with van der Waals surface area (Å²) in [5.74, 6) is -4.67. The first-order valence-electron chi connectivity index (χ1n) is 4.93. The first-order valence-corrected chi connectivity index (χ1v) is 4.93. The summed E-state index contributed by atoms with van der Waals surface area (Å²) in [7, 11) is 0. The Kier molecular flexibility index (Phi) is 3.14. The van der Waals surface area contributed by atoms with Crippen LogP contribution in [-0.2, 0) is 0 Å². The van der Waals surface area contributed by atoms with Crippen molar-refractivity contribution in [1.29, 1.82) is 0 Å². The summed E-state index contributed by atoms with van der Waals surface area (Å²) in [6.07, 6.45) is 0. The second kappa shape index (κ2) is 4.60. The molecule has 0 aliphatic rings. The van der Waals surface area contributed by atoms with Crippen molar-refractivity contribution in [3.8, 4) is 0 Å². The zero-order chi connectivity index (χ0) is 13.3. The number of rotatable bonds is 2. The van der Waals surface area contributed by atoms with E-state index < -0.39 is 34.6 Å². The van der Waals surface area contributed by atoms with E-state index >= 15 is 0 Å². The molecule has 0 saturated heterocycles. The average Bonchev–Trinajstić information content (AvgIpc) is 2.30. The molecule has 0 unspecified atom stereocenters. The van der Waals surface area contributed by atoms with Crippen molar-refractivity contribution in [3.63, 3.8) is 0 Å². The molecule has 0 aliphatic heterocycles. The highest BCUT2D eigenvalue weighted by Crippen LogP contribution is 2.17. The molecule has 0 aromatic heterocycles. The molecule has 2 rings (SSSR count). The van der Waals surface area contributed by atoms with Gasteiger partial charge < -0.3 is 0 Å². The summed E-state index contributed by atoms with van der Waals surface area (Å²) < 4.78 is 52.1. The minimum atomic E-state index is -0.981. The third kappa shape index (κ3) is 2.40. The van der Waals surface area contributed by atoms with Gasteiger partial charge >= 0.3 is 0 Å². The van der Waals surface area contributed by atoms with Gasteiger partial charge in [-0.1, -0.05) is 0 Å². The molecule has 0 N–H and O–H groups in total. The van der Waals surface area contributed by atoms with E-state index in [0.717, 1.165) is 24.3 Å². The molecule has 0 saturated carbocycles. The van der Waals surface area contributed by atoms with Gasteiger partial charge in [-0.05, 0) is 30.3 Å². The van der Waals surface area contributed by atoms with Crippen molar-refractivity contribution in [3.05, 3.63) is 70.8 Å². The summed E-state index contributed by atoms with van der Waals surface area (Å²) in [5.41, 5.74) is -0.947. The number of carbonyl (C=O) groups is 1. The molecule has 2 aromatic rings. The monoisotopic (exact) mass is 254 g/mol. The molecule has 5 heteroatoms. The zero-order valence-corrected chi connectivity index (χ0v) is 8.88. The molecule has 0 radical (unpaired) electrons. The van der Waals surface area contributed by atoms with Gasteiger partial charge in [-0.15, -0.1) is 0 Å². The standard InChI is InChI=1S/C13H6F4O/c14-8-1-2-12(17)11(6-8)13(18)7-3-9(15)5-10(16)4-7/h1-6H. The third-order valence-corrected chi connectivity index (χ3v) is 2.30. The number of halogens is 4. The molecule has 2 aromatic carbocycles. The molecule has 1 nitrogen and oxygen atoms in total. The van der Waals surface area contributed by atoms with E-state index in [1.165, 1.54) is 0 Å². The van der Waals surface area contributed by atoms with E-state index in [2.05, 4.69) is 0 Å². The Morgan fingerprint density at radius 3 is 2.00 bits per heavy atom. The van der Waals surface area contributed by atoms with Crippen molar-refractivity contribution >= 4 is 5.78 Å². The third-order valence-electron chi connectivity index (χ3n) is 2.30. The molecule has 0 heterocycles. The summed E-state index contributed by atoms with van der Waals surface area (Å²) in [6.45, 7) is 0. The van der Waals surface area contributed by atoms with E-state index in [4.69, 9.17) is 0 Å². The summed E-state index contributed by atoms with van der Waals surface area (Å²) in [4.78, 5) is 11.8. The lowest BCUT2D eigenvalue weighted by Crippen LogP contribution is -2.06. The van der Waals surface area contributed by atoms with Crippen molar-refractivity contribution in [1.82, 2.24) is 0 Å². The van der Waals surface area contributed by atoms with E-state index in [9.17, 15) is 22.4 Å². The van der Waals surface area contributed by atoms with E-state index in [1.54, 1.807) is 0 Å². The highest BCUT2D eigenvalue weighted by molar-refractivity contribution is 6.09. The molecule has 0 bridgehead atoms. The van der Waals surface area contributed by atoms with Crippen LogP contribution in [0.1, 0.15) is 15.9 Å². The first-order chi connectivity index (χ1) is 8.47. The van der Waals surface area contributed by atoms with E-state index in [1.807, 2.05) is 0 Å². The minimum absolute atomic E-state index is 0.378. The maximum Gasteiger partial charge on any atom is 0.196 e. The van der Waals surface area contributed by atoms with Crippen molar-refractivity contribution < 1.29 is 22.4 Å². The van der Waals surface area contributed by atoms with Gasteiger partial charge in [-0.3, -0.25) is 4.79 Å². The van der Waals surface area contributed by atoms with Crippen molar-refractivity contribution in [2.75, 3.05) is 0 Å². The second-order valence-electron chi connectivity index (χ2n) is 3.61. The lowest BCUT2D eigenvalue weighted by molar-refractivity contribution is 0.103. The fraction of sp³-hybridized carbons (Fsp3) is 0. The highest BCUT2D eigenvalue weighted by Gasteiger charge is 2.16. The Balaban J connectivity index is 2.51. The second-order valence-corrected chi connectivity index (χ2v) is 3.61. The van der Waals surface area contributed by atoms with Gasteiger partial charge in [0.2, 0.25) is 0 Å². The van der Waals surface area contributed by atoms with Crippen LogP contribution in [-0.4, -0.2) is 5.78 Å². The molecule has 0 fully saturated rings. The van der Waals surface area contributed by atoms with Crippen LogP contribution in [0.15, 0.2) is 36.4 Å². The lowest BCUT2D eigenvalue weighted by Gasteiger charge is -2.03. The Morgan fingerprint density at radius 2 is 1.39 bits per heavy atom. The van der Waals surface area contributed by atoms with Gasteiger partial charge in [0.1, 0.15) is 23.3 Å². The summed E-state index contributed by atoms with van der Waals surface area (Å²) >= 11 is 0. The predicted molar refractivity (Wildman–Crippen MR) is 56.1 cm³/mol. The SMILES string of the molecule is O=C(c1cc(F)cc(F)c1)c1cc(F)ccc1F. The quantitative estimate of drug-likeness (QED) is 0.592. The summed E-state index contributed by atoms with van der Waals surface area (Å²) in [6, 6.07) is 4.40. The molecular formula is C13H6F4O. The number of hydrogen-bond donors (Lipinski definition) is 0. The molecule has 0 aliphatic carbocycles. The lowest BCUT2D eigenvalue weighted by atomic mass is 10.0. The maximum atomic E-state index is 13.3. The number of ketones is 1. The van der Waals surface area contributed by atoms with Crippen LogP contribution in [0.3, 0.4) is 0 Å². The van der Waals surface area contributed by atoms with Crippen molar-refractivity contribution in [2.24, 2.45) is 0 Å². The van der Waals surface area contributed by atoms with Crippen molar-refractivity contribution in [2.45, 2.75) is 0 Å². The van der Waals surface area contributed by atoms with E-state index in [0.29, 0.717) is 12.1 Å². The zero-order valence-electron chi connectivity index (χ0n) is 8.88. The fourth-order valence-electron chi connectivity index (χ4n) is 1.51. The van der Waals surface area contributed by atoms with Crippen LogP contribution in [0.2, 0.25) is 0 Å². The Labute approximate surface area is 99.7 Å². The van der Waals surface area contributed by atoms with E-state index in [-0.39, 0.29) is 5.56 Å². The Hall–Kier alpha value is -2.17. The topological polar surface area (TPSA) is 17.1 Å². The Morgan fingerprint density at radius 1 is 0.778 bits per heavy atom. The minimum Gasteiger partial charge on any atom is -0.288 e. The number of benzene rings is 2. The smallest absolute Gasteiger partial charge is 0.196 e. The van der Waals surface area contributed by atoms with Crippen LogP contribution >= 0.6 is 0 Å². The molecule has 0 atom stereocenters. The van der Waals surface area contributed by atoms with Gasteiger partial charge in [0.25, 0.3) is 0 Å². The highest BCUT2D eigenvalue weighted by atomic mass is 19.1. The van der Waals surface area contributed by atoms with Crippen LogP contribution in [0.4, 0.5) is 17.6 Å². The number of hydrogen-bond acceptors (Lipinski definition) is 1. The van der Waals surface area contributed by atoms with Gasteiger partial charge in [0, 0.05) is 11.6 Å². The summed E-state index contributed by atoms with van der Waals surface area (Å²) in [5, 5.41) is 0. The van der Waals surface area contributed by atoms with Crippen LogP contribution in [0.25, 0.3) is 0 Å². The van der Waals surface area contributed by atoms with Crippen LogP contribution < -0.4 is 0 Å².